The Kier molecular flexibility index (Phi) is 8.14. The fourth-order valence-corrected chi connectivity index (χ4v) is 5.81. The highest BCUT2D eigenvalue weighted by molar-refractivity contribution is 5.88. The van der Waals surface area contributed by atoms with E-state index in [0.29, 0.717) is 25.4 Å². The van der Waals surface area contributed by atoms with Crippen molar-refractivity contribution in [2.45, 2.75) is 109 Å². The Morgan fingerprint density at radius 3 is 2.50 bits per heavy atom. The van der Waals surface area contributed by atoms with Gasteiger partial charge in [0.05, 0.1) is 12.6 Å². The lowest BCUT2D eigenvalue weighted by Gasteiger charge is -2.32. The maximum absolute atomic E-state index is 13.3. The number of carboxylic acid groups (broad SMARTS) is 1. The van der Waals surface area contributed by atoms with E-state index in [1.165, 1.54) is 32.1 Å². The van der Waals surface area contributed by atoms with Gasteiger partial charge >= 0.3 is 11.9 Å². The quantitative estimate of drug-likeness (QED) is 0.554. The van der Waals surface area contributed by atoms with Crippen molar-refractivity contribution in [1.29, 1.82) is 0 Å². The van der Waals surface area contributed by atoms with Crippen molar-refractivity contribution in [2.75, 3.05) is 6.61 Å². The van der Waals surface area contributed by atoms with Gasteiger partial charge in [-0.05, 0) is 57.8 Å². The van der Waals surface area contributed by atoms with Gasteiger partial charge in [-0.1, -0.05) is 38.5 Å². The predicted octanol–water partition coefficient (Wildman–Crippen LogP) is 3.11. The van der Waals surface area contributed by atoms with Crippen LogP contribution >= 0.6 is 0 Å². The maximum Gasteiger partial charge on any atom is 0.326 e. The number of carbonyl (C=O) groups excluding carboxylic acids is 2. The average Bonchev–Trinajstić information content (AvgIpc) is 3.32. The summed E-state index contributed by atoms with van der Waals surface area (Å²) in [6, 6.07) is -1.88. The predicted molar refractivity (Wildman–Crippen MR) is 113 cm³/mol. The second-order valence-corrected chi connectivity index (χ2v) is 9.37. The Balaban J connectivity index is 1.64. The molecule has 0 aromatic carbocycles. The molecule has 2 aliphatic carbocycles. The molecule has 1 unspecified atom stereocenters. The van der Waals surface area contributed by atoms with E-state index in [1.54, 1.807) is 18.7 Å². The number of ether oxygens (including phenoxy) is 1. The van der Waals surface area contributed by atoms with Crippen LogP contribution < -0.4 is 5.32 Å². The third kappa shape index (κ3) is 5.34. The molecule has 1 amide bonds. The number of amides is 1. The van der Waals surface area contributed by atoms with Gasteiger partial charge in [0.25, 0.3) is 0 Å². The molecule has 30 heavy (non-hydrogen) atoms. The zero-order chi connectivity index (χ0) is 21.7. The molecule has 2 N–H and O–H groups in total. The summed E-state index contributed by atoms with van der Waals surface area (Å²) in [5.41, 5.74) is 0. The molecule has 7 nitrogen and oxygen atoms in total. The third-order valence-electron chi connectivity index (χ3n) is 7.36. The molecule has 170 valence electrons. The van der Waals surface area contributed by atoms with E-state index in [-0.39, 0.29) is 23.8 Å². The van der Waals surface area contributed by atoms with E-state index >= 15 is 0 Å². The summed E-state index contributed by atoms with van der Waals surface area (Å²) < 4.78 is 5.26. The molecule has 5 atom stereocenters. The molecule has 3 rings (SSSR count). The number of carboxylic acids is 1. The van der Waals surface area contributed by atoms with Gasteiger partial charge < -0.3 is 14.7 Å². The first kappa shape index (κ1) is 23.0. The number of aliphatic carboxylic acids is 1. The molecule has 0 aromatic heterocycles. The summed E-state index contributed by atoms with van der Waals surface area (Å²) >= 11 is 0. The van der Waals surface area contributed by atoms with Crippen LogP contribution in [0.15, 0.2) is 0 Å². The summed E-state index contributed by atoms with van der Waals surface area (Å²) in [6.45, 7) is 3.84. The van der Waals surface area contributed by atoms with Crippen molar-refractivity contribution in [2.24, 2.45) is 11.8 Å². The van der Waals surface area contributed by atoms with Crippen molar-refractivity contribution in [3.8, 4) is 0 Å². The molecule has 0 spiro atoms. The number of hydrogen-bond acceptors (Lipinski definition) is 5. The third-order valence-corrected chi connectivity index (χ3v) is 7.36. The molecule has 1 aliphatic heterocycles. The molecule has 1 saturated heterocycles. The Hall–Kier alpha value is -1.63. The maximum atomic E-state index is 13.3. The Morgan fingerprint density at radius 2 is 1.83 bits per heavy atom. The highest BCUT2D eigenvalue weighted by Crippen LogP contribution is 2.41. The number of nitrogens with one attached hydrogen (secondary N) is 1. The van der Waals surface area contributed by atoms with Crippen LogP contribution in [0.4, 0.5) is 0 Å². The van der Waals surface area contributed by atoms with Gasteiger partial charge in [0.2, 0.25) is 5.91 Å². The molecule has 2 saturated carbocycles. The van der Waals surface area contributed by atoms with Crippen LogP contribution in [-0.4, -0.2) is 58.6 Å². The van der Waals surface area contributed by atoms with Gasteiger partial charge in [-0.15, -0.1) is 0 Å². The van der Waals surface area contributed by atoms with Crippen LogP contribution in [0, 0.1) is 11.8 Å². The molecule has 3 fully saturated rings. The van der Waals surface area contributed by atoms with Crippen molar-refractivity contribution < 1.29 is 24.2 Å². The number of nitrogens with zero attached hydrogens (tertiary/aromatic N) is 1. The number of carbonyl (C=O) groups is 3. The minimum atomic E-state index is -0.927. The van der Waals surface area contributed by atoms with Gasteiger partial charge in [-0.3, -0.25) is 14.9 Å². The summed E-state index contributed by atoms with van der Waals surface area (Å²) in [6.07, 6.45) is 11.3. The van der Waals surface area contributed by atoms with Crippen LogP contribution in [0.1, 0.15) is 84.5 Å². The van der Waals surface area contributed by atoms with Crippen LogP contribution in [-0.2, 0) is 19.1 Å². The SMILES string of the molecule is CCOC(=O)[C@@H](CCC1CCCCC1)N[C@H](C)C(=O)N1C(C(=O)O)C[C@@H]2CCC[C@@H]21. The number of likely N-dealkylation sites (tertiary alicyclic amines) is 1. The van der Waals surface area contributed by atoms with E-state index in [0.717, 1.165) is 25.7 Å². The summed E-state index contributed by atoms with van der Waals surface area (Å²) in [5.74, 6) is -0.525. The molecule has 0 aromatic rings. The molecule has 0 bridgehead atoms. The smallest absolute Gasteiger partial charge is 0.326 e. The summed E-state index contributed by atoms with van der Waals surface area (Å²) in [5, 5.41) is 12.8. The fourth-order valence-electron chi connectivity index (χ4n) is 5.81. The van der Waals surface area contributed by atoms with E-state index in [1.807, 2.05) is 0 Å². The highest BCUT2D eigenvalue weighted by Gasteiger charge is 2.49. The molecular weight excluding hydrogens is 384 g/mol. The molecular formula is C23H38N2O5. The van der Waals surface area contributed by atoms with Gasteiger partial charge in [-0.2, -0.15) is 0 Å². The van der Waals surface area contributed by atoms with Gasteiger partial charge in [0.15, 0.2) is 0 Å². The number of fused-ring (bicyclic) bond motifs is 1. The Morgan fingerprint density at radius 1 is 1.10 bits per heavy atom. The first-order chi connectivity index (χ1) is 14.4. The zero-order valence-corrected chi connectivity index (χ0v) is 18.5. The van der Waals surface area contributed by atoms with Crippen LogP contribution in [0.2, 0.25) is 0 Å². The largest absolute Gasteiger partial charge is 0.480 e. The second-order valence-electron chi connectivity index (χ2n) is 9.37. The van der Waals surface area contributed by atoms with Crippen molar-refractivity contribution in [3.63, 3.8) is 0 Å². The Bertz CT molecular complexity index is 619. The number of esters is 1. The molecule has 1 heterocycles. The molecule has 7 heteroatoms. The lowest BCUT2D eigenvalue weighted by molar-refractivity contribution is -0.151. The van der Waals surface area contributed by atoms with Crippen LogP contribution in [0.5, 0.6) is 0 Å². The van der Waals surface area contributed by atoms with Crippen LogP contribution in [0.3, 0.4) is 0 Å². The van der Waals surface area contributed by atoms with E-state index in [9.17, 15) is 19.5 Å². The second kappa shape index (κ2) is 10.6. The molecule has 0 radical (unpaired) electrons. The van der Waals surface area contributed by atoms with E-state index in [4.69, 9.17) is 4.74 Å². The lowest BCUT2D eigenvalue weighted by Crippen LogP contribution is -2.55. The number of hydrogen-bond donors (Lipinski definition) is 2. The van der Waals surface area contributed by atoms with Gasteiger partial charge in [0, 0.05) is 6.04 Å². The van der Waals surface area contributed by atoms with Gasteiger partial charge in [0.1, 0.15) is 12.1 Å². The standard InChI is InChI=1S/C23H38N2O5/c1-3-30-23(29)18(13-12-16-8-5-4-6-9-16)24-15(2)21(26)25-19-11-7-10-17(19)14-20(25)22(27)28/h15-20,24H,3-14H2,1-2H3,(H,27,28)/t15-,17+,18-,19+,20?/m1/s1. The zero-order valence-electron chi connectivity index (χ0n) is 18.5. The van der Waals surface area contributed by atoms with Gasteiger partial charge in [-0.25, -0.2) is 4.79 Å². The topological polar surface area (TPSA) is 95.9 Å². The molecule has 3 aliphatic rings. The van der Waals surface area contributed by atoms with Crippen molar-refractivity contribution in [3.05, 3.63) is 0 Å². The first-order valence-corrected chi connectivity index (χ1v) is 11.9. The van der Waals surface area contributed by atoms with Crippen molar-refractivity contribution in [1.82, 2.24) is 10.2 Å². The highest BCUT2D eigenvalue weighted by atomic mass is 16.5. The first-order valence-electron chi connectivity index (χ1n) is 11.9. The monoisotopic (exact) mass is 422 g/mol. The van der Waals surface area contributed by atoms with Crippen molar-refractivity contribution >= 4 is 17.8 Å². The summed E-state index contributed by atoms with van der Waals surface area (Å²) in [4.78, 5) is 39.2. The summed E-state index contributed by atoms with van der Waals surface area (Å²) in [7, 11) is 0. The number of rotatable bonds is 9. The normalized spacial score (nSPS) is 28.7. The fraction of sp³-hybridized carbons (Fsp3) is 0.870. The minimum Gasteiger partial charge on any atom is -0.480 e. The van der Waals surface area contributed by atoms with E-state index < -0.39 is 24.1 Å². The van der Waals surface area contributed by atoms with E-state index in [2.05, 4.69) is 5.32 Å². The average molecular weight is 423 g/mol. The van der Waals surface area contributed by atoms with Crippen LogP contribution in [0.25, 0.3) is 0 Å². The lowest BCUT2D eigenvalue weighted by atomic mass is 9.85. The Labute approximate surface area is 179 Å². The minimum absolute atomic E-state index is 0.0196.